The van der Waals surface area contributed by atoms with Crippen LogP contribution in [0.5, 0.6) is 0 Å². The van der Waals surface area contributed by atoms with E-state index in [0.717, 1.165) is 53.4 Å². The third-order valence-corrected chi connectivity index (χ3v) is 7.20. The fraction of sp³-hybridized carbons (Fsp3) is 0.222. The van der Waals surface area contributed by atoms with Gasteiger partial charge in [-0.15, -0.1) is 0 Å². The van der Waals surface area contributed by atoms with Gasteiger partial charge in [-0.25, -0.2) is 0 Å². The molecule has 2 aromatic carbocycles. The molecule has 7 nitrogen and oxygen atoms in total. The van der Waals surface area contributed by atoms with Crippen molar-refractivity contribution in [3.8, 4) is 5.69 Å². The Hall–Kier alpha value is -3.27. The summed E-state index contributed by atoms with van der Waals surface area (Å²) in [6.45, 7) is 7.25. The van der Waals surface area contributed by atoms with E-state index < -0.39 is 11.8 Å². The molecule has 3 heterocycles. The average molecular weight is 565 g/mol. The Morgan fingerprint density at radius 3 is 2.36 bits per heavy atom. The second-order valence-electron chi connectivity index (χ2n) is 8.72. The van der Waals surface area contributed by atoms with Gasteiger partial charge >= 0.3 is 0 Å². The lowest BCUT2D eigenvalue weighted by Gasteiger charge is -2.29. The monoisotopic (exact) mass is 564 g/mol. The summed E-state index contributed by atoms with van der Waals surface area (Å²) in [5.41, 5.74) is 5.53. The number of amides is 2. The number of thiocarbonyl (C=S) groups is 1. The number of benzene rings is 2. The van der Waals surface area contributed by atoms with E-state index in [4.69, 9.17) is 17.0 Å². The molecule has 2 aliphatic rings. The van der Waals surface area contributed by atoms with Gasteiger partial charge in [0.25, 0.3) is 11.8 Å². The lowest BCUT2D eigenvalue weighted by atomic mass is 10.1. The molecule has 2 aliphatic heterocycles. The molecular formula is C27H25BrN4O3S. The molecule has 0 saturated carbocycles. The molecule has 0 bridgehead atoms. The minimum absolute atomic E-state index is 0.0338. The first-order chi connectivity index (χ1) is 17.3. The molecule has 2 fully saturated rings. The topological polar surface area (TPSA) is 66.8 Å². The second kappa shape index (κ2) is 10.0. The molecule has 0 radical (unpaired) electrons. The lowest BCUT2D eigenvalue weighted by Crippen LogP contribution is -2.54. The Balaban J connectivity index is 1.46. The largest absolute Gasteiger partial charge is 0.378 e. The summed E-state index contributed by atoms with van der Waals surface area (Å²) in [5.74, 6) is -0.961. The molecule has 1 aromatic heterocycles. The van der Waals surface area contributed by atoms with Gasteiger partial charge in [0.2, 0.25) is 0 Å². The van der Waals surface area contributed by atoms with Crippen LogP contribution < -0.4 is 15.1 Å². The average Bonchev–Trinajstić information content (AvgIpc) is 3.15. The Morgan fingerprint density at radius 2 is 1.67 bits per heavy atom. The van der Waals surface area contributed by atoms with Crippen molar-refractivity contribution in [1.29, 1.82) is 0 Å². The molecule has 184 valence electrons. The summed E-state index contributed by atoms with van der Waals surface area (Å²) in [6.07, 6.45) is 1.64. The van der Waals surface area contributed by atoms with Gasteiger partial charge in [-0.05, 0) is 86.2 Å². The van der Waals surface area contributed by atoms with Gasteiger partial charge < -0.3 is 14.2 Å². The van der Waals surface area contributed by atoms with E-state index in [2.05, 4.69) is 55.0 Å². The number of nitrogens with one attached hydrogen (secondary N) is 1. The van der Waals surface area contributed by atoms with Gasteiger partial charge in [0.05, 0.1) is 18.9 Å². The number of aromatic nitrogens is 1. The fourth-order valence-electron chi connectivity index (χ4n) is 4.63. The van der Waals surface area contributed by atoms with Gasteiger partial charge in [0.1, 0.15) is 5.57 Å². The maximum Gasteiger partial charge on any atom is 0.270 e. The number of morpholine rings is 1. The lowest BCUT2D eigenvalue weighted by molar-refractivity contribution is -0.122. The van der Waals surface area contributed by atoms with E-state index in [0.29, 0.717) is 5.69 Å². The van der Waals surface area contributed by atoms with Crippen LogP contribution in [0.1, 0.15) is 17.0 Å². The highest BCUT2D eigenvalue weighted by molar-refractivity contribution is 9.10. The van der Waals surface area contributed by atoms with Crippen molar-refractivity contribution in [2.75, 3.05) is 36.1 Å². The maximum atomic E-state index is 13.4. The SMILES string of the molecule is Cc1cc(/C=C2\C(=O)NC(=S)N(c3cccc(Br)c3)C2=O)c(C)n1-c1ccc(N2CCOCC2)cc1. The van der Waals surface area contributed by atoms with E-state index >= 15 is 0 Å². The number of hydrogen-bond donors (Lipinski definition) is 1. The summed E-state index contributed by atoms with van der Waals surface area (Å²) >= 11 is 8.74. The number of nitrogens with zero attached hydrogens (tertiary/aromatic N) is 3. The smallest absolute Gasteiger partial charge is 0.270 e. The first kappa shape index (κ1) is 24.4. The van der Waals surface area contributed by atoms with Crippen molar-refractivity contribution < 1.29 is 14.3 Å². The predicted molar refractivity (Wildman–Crippen MR) is 149 cm³/mol. The Bertz CT molecular complexity index is 1390. The normalized spacial score (nSPS) is 17.6. The number of rotatable bonds is 4. The maximum absolute atomic E-state index is 13.4. The first-order valence-electron chi connectivity index (χ1n) is 11.6. The van der Waals surface area contributed by atoms with Gasteiger partial charge in [0.15, 0.2) is 5.11 Å². The predicted octanol–water partition coefficient (Wildman–Crippen LogP) is 4.52. The Labute approximate surface area is 223 Å². The number of aryl methyl sites for hydroxylation is 1. The number of halogens is 1. The molecule has 2 amide bonds. The van der Waals surface area contributed by atoms with Crippen LogP contribution in [0, 0.1) is 13.8 Å². The number of anilines is 2. The Morgan fingerprint density at radius 1 is 0.972 bits per heavy atom. The minimum Gasteiger partial charge on any atom is -0.378 e. The summed E-state index contributed by atoms with van der Waals surface area (Å²) in [6, 6.07) is 17.6. The molecule has 36 heavy (non-hydrogen) atoms. The summed E-state index contributed by atoms with van der Waals surface area (Å²) < 4.78 is 8.38. The standard InChI is InChI=1S/C27H25BrN4O3S/c1-17-14-19(18(2)31(17)22-8-6-21(7-9-22)30-10-12-35-13-11-30)15-24-25(33)29-27(36)32(26(24)34)23-5-3-4-20(28)16-23/h3-9,14-16H,10-13H2,1-2H3,(H,29,33,36)/b24-15+. The van der Waals surface area contributed by atoms with Gasteiger partial charge in [-0.2, -0.15) is 0 Å². The molecule has 3 aromatic rings. The molecular weight excluding hydrogens is 540 g/mol. The third kappa shape index (κ3) is 4.61. The van der Waals surface area contributed by atoms with Crippen LogP contribution in [-0.2, 0) is 14.3 Å². The van der Waals surface area contributed by atoms with Gasteiger partial charge in [-0.3, -0.25) is 19.8 Å². The molecule has 5 rings (SSSR count). The third-order valence-electron chi connectivity index (χ3n) is 6.42. The zero-order valence-electron chi connectivity index (χ0n) is 20.0. The van der Waals surface area contributed by atoms with Crippen LogP contribution in [0.4, 0.5) is 11.4 Å². The van der Waals surface area contributed by atoms with E-state index in [1.165, 1.54) is 10.6 Å². The van der Waals surface area contributed by atoms with Crippen molar-refractivity contribution in [2.45, 2.75) is 13.8 Å². The van der Waals surface area contributed by atoms with Crippen LogP contribution in [0.25, 0.3) is 11.8 Å². The van der Waals surface area contributed by atoms with E-state index in [1.807, 2.05) is 32.0 Å². The molecule has 0 atom stereocenters. The molecule has 1 N–H and O–H groups in total. The van der Waals surface area contributed by atoms with Crippen LogP contribution >= 0.6 is 28.1 Å². The quantitative estimate of drug-likeness (QED) is 0.286. The van der Waals surface area contributed by atoms with Crippen molar-refractivity contribution in [1.82, 2.24) is 9.88 Å². The summed E-state index contributed by atoms with van der Waals surface area (Å²) in [7, 11) is 0. The fourth-order valence-corrected chi connectivity index (χ4v) is 5.30. The second-order valence-corrected chi connectivity index (χ2v) is 10.0. The Kier molecular flexibility index (Phi) is 6.79. The highest BCUT2D eigenvalue weighted by atomic mass is 79.9. The molecule has 2 saturated heterocycles. The van der Waals surface area contributed by atoms with Crippen molar-refractivity contribution in [3.05, 3.63) is 81.6 Å². The van der Waals surface area contributed by atoms with Crippen LogP contribution in [0.2, 0.25) is 0 Å². The van der Waals surface area contributed by atoms with E-state index in [1.54, 1.807) is 18.2 Å². The highest BCUT2D eigenvalue weighted by Gasteiger charge is 2.34. The van der Waals surface area contributed by atoms with Crippen LogP contribution in [-0.4, -0.2) is 47.8 Å². The van der Waals surface area contributed by atoms with E-state index in [9.17, 15) is 9.59 Å². The first-order valence-corrected chi connectivity index (χ1v) is 12.8. The number of hydrogen-bond acceptors (Lipinski definition) is 5. The van der Waals surface area contributed by atoms with E-state index in [-0.39, 0.29) is 10.7 Å². The zero-order chi connectivity index (χ0) is 25.4. The van der Waals surface area contributed by atoms with Crippen LogP contribution in [0.15, 0.2) is 64.6 Å². The number of carbonyl (C=O) groups excluding carboxylic acids is 2. The van der Waals surface area contributed by atoms with Crippen LogP contribution in [0.3, 0.4) is 0 Å². The van der Waals surface area contributed by atoms with Gasteiger partial charge in [-0.1, -0.05) is 22.0 Å². The minimum atomic E-state index is -0.504. The number of ether oxygens (including phenoxy) is 1. The van der Waals surface area contributed by atoms with Gasteiger partial charge in [0, 0.05) is 40.3 Å². The molecule has 0 unspecified atom stereocenters. The summed E-state index contributed by atoms with van der Waals surface area (Å²) in [5, 5.41) is 2.71. The van der Waals surface area contributed by atoms with Crippen molar-refractivity contribution in [3.63, 3.8) is 0 Å². The highest BCUT2D eigenvalue weighted by Crippen LogP contribution is 2.28. The van der Waals surface area contributed by atoms with Crippen molar-refractivity contribution >= 4 is 62.5 Å². The molecule has 0 aliphatic carbocycles. The molecule has 9 heteroatoms. The number of carbonyl (C=O) groups is 2. The zero-order valence-corrected chi connectivity index (χ0v) is 22.4. The summed E-state index contributed by atoms with van der Waals surface area (Å²) in [4.78, 5) is 29.8. The molecule has 0 spiro atoms. The van der Waals surface area contributed by atoms with Crippen molar-refractivity contribution in [2.24, 2.45) is 0 Å².